The van der Waals surface area contributed by atoms with Gasteiger partial charge in [0.1, 0.15) is 0 Å². The van der Waals surface area contributed by atoms with E-state index in [1.807, 2.05) is 0 Å². The fourth-order valence-corrected chi connectivity index (χ4v) is 6.56. The van der Waals surface area contributed by atoms with E-state index in [0.29, 0.717) is 0 Å². The second kappa shape index (κ2) is 10.6. The van der Waals surface area contributed by atoms with Crippen LogP contribution >= 0.6 is 15.9 Å². The van der Waals surface area contributed by atoms with E-state index in [9.17, 15) is 35.1 Å². The standard InChI is InChI=1S/C20H16.C13H4BrN3O7/c1-13-5-3-7-15-9-11-17-12-10-16-8-4-6-14(2)19(16)20(17)18(13)15;14-9-3-5(15(19)20)1-7-11(9)12-8(13(7)18)2-6(16(21)22)4-10(12)17(23)24/h3-12H,1-2H3;1-4H. The van der Waals surface area contributed by atoms with Crippen molar-refractivity contribution in [3.8, 4) is 11.1 Å². The molecule has 0 saturated carbocycles. The van der Waals surface area contributed by atoms with Gasteiger partial charge in [0.25, 0.3) is 17.1 Å². The van der Waals surface area contributed by atoms with E-state index < -0.39 is 31.9 Å². The highest BCUT2D eigenvalue weighted by molar-refractivity contribution is 9.10. The van der Waals surface area contributed by atoms with Crippen molar-refractivity contribution in [1.29, 1.82) is 0 Å². The minimum atomic E-state index is -0.846. The first-order valence-corrected chi connectivity index (χ1v) is 14.1. The molecule has 11 heteroatoms. The van der Waals surface area contributed by atoms with Gasteiger partial charge >= 0.3 is 0 Å². The van der Waals surface area contributed by atoms with Gasteiger partial charge in [0, 0.05) is 39.4 Å². The predicted molar refractivity (Wildman–Crippen MR) is 171 cm³/mol. The van der Waals surface area contributed by atoms with E-state index in [1.54, 1.807) is 0 Å². The molecule has 6 aromatic carbocycles. The first-order chi connectivity index (χ1) is 21.0. The van der Waals surface area contributed by atoms with Gasteiger partial charge in [0.2, 0.25) is 0 Å². The number of non-ortho nitro benzene ring substituents is 2. The molecule has 0 aromatic heterocycles. The molecule has 44 heavy (non-hydrogen) atoms. The largest absolute Gasteiger partial charge is 0.289 e. The lowest BCUT2D eigenvalue weighted by molar-refractivity contribution is -0.393. The van der Waals surface area contributed by atoms with E-state index in [4.69, 9.17) is 0 Å². The van der Waals surface area contributed by atoms with Gasteiger partial charge < -0.3 is 0 Å². The Bertz CT molecular complexity index is 2200. The molecule has 216 valence electrons. The van der Waals surface area contributed by atoms with E-state index >= 15 is 0 Å². The van der Waals surface area contributed by atoms with Crippen LogP contribution in [-0.2, 0) is 0 Å². The molecule has 0 atom stereocenters. The number of hydrogen-bond donors (Lipinski definition) is 0. The average Bonchev–Trinajstić information content (AvgIpc) is 3.28. The van der Waals surface area contributed by atoms with Crippen molar-refractivity contribution in [2.75, 3.05) is 0 Å². The first kappa shape index (κ1) is 28.6. The topological polar surface area (TPSA) is 146 Å². The van der Waals surface area contributed by atoms with Gasteiger partial charge in [-0.15, -0.1) is 0 Å². The summed E-state index contributed by atoms with van der Waals surface area (Å²) in [7, 11) is 0. The Labute approximate surface area is 257 Å². The Morgan fingerprint density at radius 2 is 1.02 bits per heavy atom. The van der Waals surface area contributed by atoms with Gasteiger partial charge in [-0.3, -0.25) is 35.1 Å². The lowest BCUT2D eigenvalue weighted by Gasteiger charge is -2.12. The second-order valence-electron chi connectivity index (χ2n) is 10.4. The zero-order valence-corrected chi connectivity index (χ0v) is 24.7. The van der Waals surface area contributed by atoms with Gasteiger partial charge in [-0.1, -0.05) is 60.7 Å². The third-order valence-electron chi connectivity index (χ3n) is 7.82. The molecule has 0 aliphatic heterocycles. The number of halogens is 1. The number of rotatable bonds is 3. The highest BCUT2D eigenvalue weighted by Crippen LogP contribution is 2.48. The van der Waals surface area contributed by atoms with Crippen LogP contribution in [0.5, 0.6) is 0 Å². The highest BCUT2D eigenvalue weighted by Gasteiger charge is 2.38. The molecule has 1 aliphatic carbocycles. The summed E-state index contributed by atoms with van der Waals surface area (Å²) in [6.07, 6.45) is 0. The van der Waals surface area contributed by atoms with Gasteiger partial charge in [-0.25, -0.2) is 0 Å². The van der Waals surface area contributed by atoms with Crippen molar-refractivity contribution in [1.82, 2.24) is 0 Å². The first-order valence-electron chi connectivity index (χ1n) is 13.3. The molecule has 0 heterocycles. The Morgan fingerprint density at radius 3 is 1.50 bits per heavy atom. The van der Waals surface area contributed by atoms with Crippen LogP contribution in [0.2, 0.25) is 0 Å². The summed E-state index contributed by atoms with van der Waals surface area (Å²) in [4.78, 5) is 43.2. The summed E-state index contributed by atoms with van der Waals surface area (Å²) in [5.41, 5.74) is 0.788. The van der Waals surface area contributed by atoms with Crippen molar-refractivity contribution in [3.63, 3.8) is 0 Å². The van der Waals surface area contributed by atoms with E-state index in [1.165, 1.54) is 43.4 Å². The lowest BCUT2D eigenvalue weighted by atomic mass is 9.92. The van der Waals surface area contributed by atoms with Crippen molar-refractivity contribution in [3.05, 3.63) is 142 Å². The van der Waals surface area contributed by atoms with E-state index in [-0.39, 0.29) is 32.4 Å². The molecule has 0 fully saturated rings. The minimum Gasteiger partial charge on any atom is -0.289 e. The van der Waals surface area contributed by atoms with Crippen LogP contribution in [0.15, 0.2) is 89.4 Å². The number of nitro benzene ring substituents is 3. The molecule has 6 aromatic rings. The third-order valence-corrected chi connectivity index (χ3v) is 8.44. The zero-order chi connectivity index (χ0) is 31.4. The Morgan fingerprint density at radius 1 is 0.568 bits per heavy atom. The zero-order valence-electron chi connectivity index (χ0n) is 23.2. The highest BCUT2D eigenvalue weighted by atomic mass is 79.9. The maximum absolute atomic E-state index is 12.5. The van der Waals surface area contributed by atoms with Crippen LogP contribution in [0.1, 0.15) is 27.0 Å². The van der Waals surface area contributed by atoms with Crippen LogP contribution < -0.4 is 0 Å². The van der Waals surface area contributed by atoms with Crippen molar-refractivity contribution < 1.29 is 19.6 Å². The fraction of sp³-hybridized carbons (Fsp3) is 0.0606. The molecule has 1 aliphatic rings. The van der Waals surface area contributed by atoms with Gasteiger partial charge in [0.05, 0.1) is 26.4 Å². The second-order valence-corrected chi connectivity index (χ2v) is 11.3. The number of carbonyl (C=O) groups is 1. The van der Waals surface area contributed by atoms with Crippen LogP contribution in [0.4, 0.5) is 17.1 Å². The molecular formula is C33H20BrN3O7. The Hall–Kier alpha value is -5.55. The molecule has 0 spiro atoms. The molecule has 0 N–H and O–H groups in total. The van der Waals surface area contributed by atoms with E-state index in [2.05, 4.69) is 90.4 Å². The van der Waals surface area contributed by atoms with Crippen LogP contribution in [0, 0.1) is 44.2 Å². The lowest BCUT2D eigenvalue weighted by Crippen LogP contribution is -2.00. The summed E-state index contributed by atoms with van der Waals surface area (Å²) in [5.74, 6) is -0.740. The van der Waals surface area contributed by atoms with Crippen LogP contribution in [0.3, 0.4) is 0 Å². The molecule has 7 rings (SSSR count). The van der Waals surface area contributed by atoms with Gasteiger partial charge in [0.15, 0.2) is 5.78 Å². The van der Waals surface area contributed by atoms with E-state index in [0.717, 1.165) is 24.3 Å². The summed E-state index contributed by atoms with van der Waals surface area (Å²) in [5, 5.41) is 41.3. The molecular weight excluding hydrogens is 630 g/mol. The van der Waals surface area contributed by atoms with Crippen LogP contribution in [0.25, 0.3) is 43.4 Å². The maximum atomic E-state index is 12.5. The smallest absolute Gasteiger partial charge is 0.284 e. The number of fused-ring (bicyclic) bond motifs is 8. The number of ketones is 1. The number of carbonyl (C=O) groups excluding carboxylic acids is 1. The molecule has 0 saturated heterocycles. The quantitative estimate of drug-likeness (QED) is 0.105. The Kier molecular flexibility index (Phi) is 6.89. The number of benzene rings is 6. The number of nitrogens with zero attached hydrogens (tertiary/aromatic N) is 3. The van der Waals surface area contributed by atoms with Crippen molar-refractivity contribution in [2.45, 2.75) is 13.8 Å². The molecule has 10 nitrogen and oxygen atoms in total. The number of aryl methyl sites for hydroxylation is 2. The summed E-state index contributed by atoms with van der Waals surface area (Å²) >= 11 is 3.08. The predicted octanol–water partition coefficient (Wildman–Crippen LogP) is 9.15. The Balaban J connectivity index is 0.000000158. The number of nitro groups is 3. The maximum Gasteiger partial charge on any atom is 0.284 e. The van der Waals surface area contributed by atoms with Gasteiger partial charge in [-0.05, 0) is 73.2 Å². The molecule has 0 bridgehead atoms. The van der Waals surface area contributed by atoms with Crippen LogP contribution in [-0.4, -0.2) is 20.6 Å². The van der Waals surface area contributed by atoms with Crippen molar-refractivity contribution >= 4 is 71.1 Å². The molecule has 0 amide bonds. The fourth-order valence-electron chi connectivity index (χ4n) is 5.92. The SMILES string of the molecule is Cc1cccc2ccc3ccc4cccc(C)c4c3c12.O=C1c2cc([N+](=O)[O-])cc(Br)c2-c2c1cc([N+](=O)[O-])cc2[N+](=O)[O-]. The third kappa shape index (κ3) is 4.54. The monoisotopic (exact) mass is 649 g/mol. The molecule has 0 radical (unpaired) electrons. The normalized spacial score (nSPS) is 11.7. The summed E-state index contributed by atoms with van der Waals surface area (Å²) < 4.78 is 0.121. The number of hydrogen-bond acceptors (Lipinski definition) is 7. The van der Waals surface area contributed by atoms with Gasteiger partial charge in [-0.2, -0.15) is 0 Å². The molecule has 0 unspecified atom stereocenters. The summed E-state index contributed by atoms with van der Waals surface area (Å²) in [6, 6.07) is 25.9. The minimum absolute atomic E-state index is 0.0904. The average molecular weight is 650 g/mol. The van der Waals surface area contributed by atoms with Crippen molar-refractivity contribution in [2.24, 2.45) is 0 Å². The summed E-state index contributed by atoms with van der Waals surface area (Å²) in [6.45, 7) is 4.41.